The molecular weight excluding hydrogens is 314 g/mol. The maximum absolute atomic E-state index is 12.1. The number of aryl methyl sites for hydroxylation is 1. The van der Waals surface area contributed by atoms with Gasteiger partial charge in [0.1, 0.15) is 0 Å². The first kappa shape index (κ1) is 16.9. The minimum Gasteiger partial charge on any atom is -0.355 e. The topological polar surface area (TPSA) is 64.0 Å². The summed E-state index contributed by atoms with van der Waals surface area (Å²) in [5, 5.41) is 7.74. The fourth-order valence-electron chi connectivity index (χ4n) is 2.80. The summed E-state index contributed by atoms with van der Waals surface area (Å²) in [6.45, 7) is 3.12. The van der Waals surface area contributed by atoms with Crippen LogP contribution >= 0.6 is 0 Å². The molecule has 0 aliphatic rings. The quantitative estimate of drug-likeness (QED) is 0.753. The highest BCUT2D eigenvalue weighted by atomic mass is 16.1. The van der Waals surface area contributed by atoms with Crippen LogP contribution < -0.4 is 10.7 Å². The monoisotopic (exact) mass is 335 g/mol. The number of carbonyl (C=O) groups is 1. The van der Waals surface area contributed by atoms with Gasteiger partial charge in [-0.2, -0.15) is 5.10 Å². The summed E-state index contributed by atoms with van der Waals surface area (Å²) in [5.74, 6) is 0.240. The number of benzene rings is 2. The van der Waals surface area contributed by atoms with E-state index in [2.05, 4.69) is 29.5 Å². The van der Waals surface area contributed by atoms with E-state index < -0.39 is 0 Å². The molecule has 1 heterocycles. The Morgan fingerprint density at radius 1 is 1.12 bits per heavy atom. The van der Waals surface area contributed by atoms with Crippen LogP contribution in [0.5, 0.6) is 0 Å². The molecule has 0 aliphatic carbocycles. The van der Waals surface area contributed by atoms with Crippen LogP contribution in [0.3, 0.4) is 0 Å². The van der Waals surface area contributed by atoms with Crippen LogP contribution in [-0.4, -0.2) is 22.2 Å². The highest BCUT2D eigenvalue weighted by Crippen LogP contribution is 2.13. The Labute approximate surface area is 146 Å². The first-order valence-electron chi connectivity index (χ1n) is 8.41. The summed E-state index contributed by atoms with van der Waals surface area (Å²) in [7, 11) is 0. The van der Waals surface area contributed by atoms with E-state index in [-0.39, 0.29) is 17.3 Å². The Bertz CT molecular complexity index is 919. The summed E-state index contributed by atoms with van der Waals surface area (Å²) in [6.07, 6.45) is 1.62. The summed E-state index contributed by atoms with van der Waals surface area (Å²) in [6, 6.07) is 17.4. The second-order valence-corrected chi connectivity index (χ2v) is 6.11. The van der Waals surface area contributed by atoms with Gasteiger partial charge in [-0.3, -0.25) is 14.3 Å². The van der Waals surface area contributed by atoms with E-state index in [4.69, 9.17) is 0 Å². The van der Waals surface area contributed by atoms with E-state index in [1.54, 1.807) is 10.7 Å². The molecular formula is C20H21N3O2. The van der Waals surface area contributed by atoms with Gasteiger partial charge >= 0.3 is 0 Å². The lowest BCUT2D eigenvalue weighted by molar-refractivity contribution is -0.121. The Balaban J connectivity index is 1.58. The van der Waals surface area contributed by atoms with E-state index in [0.29, 0.717) is 24.9 Å². The number of amides is 1. The lowest BCUT2D eigenvalue weighted by Gasteiger charge is -2.13. The van der Waals surface area contributed by atoms with Crippen LogP contribution in [0.1, 0.15) is 24.8 Å². The highest BCUT2D eigenvalue weighted by molar-refractivity contribution is 5.79. The molecule has 0 radical (unpaired) electrons. The zero-order valence-corrected chi connectivity index (χ0v) is 14.2. The smallest absolute Gasteiger partial charge is 0.221 e. The fraction of sp³-hybridized carbons (Fsp3) is 0.250. The van der Waals surface area contributed by atoms with Crippen molar-refractivity contribution in [1.82, 2.24) is 15.1 Å². The number of aromatic nitrogens is 2. The van der Waals surface area contributed by atoms with Crippen molar-refractivity contribution in [3.63, 3.8) is 0 Å². The van der Waals surface area contributed by atoms with E-state index in [1.807, 2.05) is 36.4 Å². The average molecular weight is 335 g/mol. The molecule has 128 valence electrons. The molecule has 0 fully saturated rings. The molecule has 3 rings (SSSR count). The SMILES string of the molecule is CC(CNC(=O)CCn1ncc(=O)c2ccccc21)c1ccccc1. The molecule has 0 spiro atoms. The minimum absolute atomic E-state index is 0.0210. The highest BCUT2D eigenvalue weighted by Gasteiger charge is 2.09. The molecule has 25 heavy (non-hydrogen) atoms. The van der Waals surface area contributed by atoms with Crippen molar-refractivity contribution in [3.8, 4) is 0 Å². The molecule has 5 nitrogen and oxygen atoms in total. The largest absolute Gasteiger partial charge is 0.355 e. The molecule has 1 amide bonds. The number of nitrogens with zero attached hydrogens (tertiary/aromatic N) is 2. The Morgan fingerprint density at radius 3 is 2.64 bits per heavy atom. The van der Waals surface area contributed by atoms with E-state index in [1.165, 1.54) is 11.8 Å². The van der Waals surface area contributed by atoms with Crippen LogP contribution in [0, 0.1) is 0 Å². The maximum atomic E-state index is 12.1. The second-order valence-electron chi connectivity index (χ2n) is 6.11. The molecule has 1 atom stereocenters. The summed E-state index contributed by atoms with van der Waals surface area (Å²) in [4.78, 5) is 24.0. The molecule has 0 saturated carbocycles. The van der Waals surface area contributed by atoms with Gasteiger partial charge in [0, 0.05) is 18.4 Å². The molecule has 0 aliphatic heterocycles. The number of para-hydroxylation sites is 1. The maximum Gasteiger partial charge on any atom is 0.221 e. The third-order valence-corrected chi connectivity index (χ3v) is 4.29. The van der Waals surface area contributed by atoms with Crippen molar-refractivity contribution < 1.29 is 4.79 Å². The van der Waals surface area contributed by atoms with Crippen LogP contribution in [-0.2, 0) is 11.3 Å². The van der Waals surface area contributed by atoms with Crippen molar-refractivity contribution in [2.45, 2.75) is 25.8 Å². The number of carbonyl (C=O) groups excluding carboxylic acids is 1. The zero-order valence-electron chi connectivity index (χ0n) is 14.2. The number of nitrogens with one attached hydrogen (secondary N) is 1. The summed E-state index contributed by atoms with van der Waals surface area (Å²) in [5.41, 5.74) is 1.85. The molecule has 0 bridgehead atoms. The van der Waals surface area contributed by atoms with Crippen molar-refractivity contribution in [3.05, 3.63) is 76.6 Å². The fourth-order valence-corrected chi connectivity index (χ4v) is 2.80. The molecule has 5 heteroatoms. The van der Waals surface area contributed by atoms with Crippen molar-refractivity contribution >= 4 is 16.8 Å². The van der Waals surface area contributed by atoms with Crippen molar-refractivity contribution in [1.29, 1.82) is 0 Å². The van der Waals surface area contributed by atoms with Crippen LogP contribution in [0.4, 0.5) is 0 Å². The standard InChI is InChI=1S/C20H21N3O2/c1-15(16-7-3-2-4-8-16)13-21-20(25)11-12-23-18-10-6-5-9-17(18)19(24)14-22-23/h2-10,14-15H,11-13H2,1H3,(H,21,25). The number of rotatable bonds is 6. The number of hydrogen-bond donors (Lipinski definition) is 1. The van der Waals surface area contributed by atoms with Gasteiger partial charge in [0.05, 0.1) is 18.3 Å². The lowest BCUT2D eigenvalue weighted by Crippen LogP contribution is -2.28. The number of hydrogen-bond acceptors (Lipinski definition) is 3. The van der Waals surface area contributed by atoms with E-state index in [0.717, 1.165) is 5.52 Å². The van der Waals surface area contributed by atoms with Gasteiger partial charge in [-0.1, -0.05) is 49.4 Å². The van der Waals surface area contributed by atoms with Gasteiger partial charge in [-0.15, -0.1) is 0 Å². The molecule has 1 unspecified atom stereocenters. The van der Waals surface area contributed by atoms with Gasteiger partial charge in [0.15, 0.2) is 0 Å². The minimum atomic E-state index is -0.104. The number of fused-ring (bicyclic) bond motifs is 1. The van der Waals surface area contributed by atoms with Gasteiger partial charge in [0.25, 0.3) is 0 Å². The Morgan fingerprint density at radius 2 is 1.84 bits per heavy atom. The average Bonchev–Trinajstić information content (AvgIpc) is 2.66. The van der Waals surface area contributed by atoms with Gasteiger partial charge < -0.3 is 5.32 Å². The molecule has 1 N–H and O–H groups in total. The Kier molecular flexibility index (Phi) is 5.23. The van der Waals surface area contributed by atoms with Crippen molar-refractivity contribution in [2.24, 2.45) is 0 Å². The predicted molar refractivity (Wildman–Crippen MR) is 98.5 cm³/mol. The first-order chi connectivity index (χ1) is 12.1. The van der Waals surface area contributed by atoms with Gasteiger partial charge in [-0.25, -0.2) is 0 Å². The van der Waals surface area contributed by atoms with Crippen LogP contribution in [0.15, 0.2) is 65.6 Å². The van der Waals surface area contributed by atoms with E-state index >= 15 is 0 Å². The second kappa shape index (κ2) is 7.75. The zero-order chi connectivity index (χ0) is 17.6. The molecule has 2 aromatic carbocycles. The third kappa shape index (κ3) is 4.12. The van der Waals surface area contributed by atoms with Gasteiger partial charge in [-0.05, 0) is 23.6 Å². The first-order valence-corrected chi connectivity index (χ1v) is 8.41. The molecule has 3 aromatic rings. The van der Waals surface area contributed by atoms with E-state index in [9.17, 15) is 9.59 Å². The summed E-state index contributed by atoms with van der Waals surface area (Å²) >= 11 is 0. The van der Waals surface area contributed by atoms with Crippen LogP contribution in [0.2, 0.25) is 0 Å². The predicted octanol–water partition coefficient (Wildman–Crippen LogP) is 2.71. The molecule has 1 aromatic heterocycles. The molecule has 0 saturated heterocycles. The van der Waals surface area contributed by atoms with Gasteiger partial charge in [0.2, 0.25) is 11.3 Å². The van der Waals surface area contributed by atoms with Crippen molar-refractivity contribution in [2.75, 3.05) is 6.54 Å². The third-order valence-electron chi connectivity index (χ3n) is 4.29. The normalized spacial score (nSPS) is 12.0. The Hall–Kier alpha value is -2.95. The summed E-state index contributed by atoms with van der Waals surface area (Å²) < 4.78 is 1.71. The van der Waals surface area contributed by atoms with Crippen LogP contribution in [0.25, 0.3) is 10.9 Å². The lowest BCUT2D eigenvalue weighted by atomic mass is 10.0.